The van der Waals surface area contributed by atoms with Gasteiger partial charge in [0.15, 0.2) is 0 Å². The first-order chi connectivity index (χ1) is 7.02. The summed E-state index contributed by atoms with van der Waals surface area (Å²) in [5, 5.41) is 17.6. The number of aliphatic carboxylic acids is 2. The molecule has 1 rings (SSSR count). The summed E-state index contributed by atoms with van der Waals surface area (Å²) in [7, 11) is 0. The van der Waals surface area contributed by atoms with Gasteiger partial charge in [0.2, 0.25) is 0 Å². The third kappa shape index (κ3) is 1.88. The standard InChI is InChI=1S/C9H10O6/c10-2-4-1-5(8(12)13)7(9(14)15)6(4)3-11/h2-7H,1H2,(H,12,13)(H,14,15). The summed E-state index contributed by atoms with van der Waals surface area (Å²) in [5.74, 6) is -6.91. The van der Waals surface area contributed by atoms with Crippen LogP contribution in [-0.4, -0.2) is 34.7 Å². The first-order valence-corrected chi connectivity index (χ1v) is 4.39. The molecule has 2 N–H and O–H groups in total. The zero-order chi connectivity index (χ0) is 11.6. The molecule has 0 saturated heterocycles. The van der Waals surface area contributed by atoms with Crippen LogP contribution >= 0.6 is 0 Å². The fourth-order valence-corrected chi connectivity index (χ4v) is 2.05. The summed E-state index contributed by atoms with van der Waals surface area (Å²) in [6, 6.07) is 0. The minimum absolute atomic E-state index is 0.0841. The lowest BCUT2D eigenvalue weighted by Gasteiger charge is -2.14. The smallest absolute Gasteiger partial charge is 0.308 e. The topological polar surface area (TPSA) is 109 Å². The van der Waals surface area contributed by atoms with E-state index in [1.54, 1.807) is 0 Å². The van der Waals surface area contributed by atoms with Gasteiger partial charge in [0.25, 0.3) is 0 Å². The van der Waals surface area contributed by atoms with Crippen molar-refractivity contribution in [3.05, 3.63) is 0 Å². The Morgan fingerprint density at radius 3 is 2.00 bits per heavy atom. The van der Waals surface area contributed by atoms with E-state index < -0.39 is 35.6 Å². The Hall–Kier alpha value is -1.72. The van der Waals surface area contributed by atoms with Crippen LogP contribution < -0.4 is 0 Å². The third-order valence-corrected chi connectivity index (χ3v) is 2.80. The van der Waals surface area contributed by atoms with Gasteiger partial charge >= 0.3 is 11.9 Å². The van der Waals surface area contributed by atoms with Crippen molar-refractivity contribution in [2.75, 3.05) is 0 Å². The summed E-state index contributed by atoms with van der Waals surface area (Å²) in [4.78, 5) is 42.8. The predicted molar refractivity (Wildman–Crippen MR) is 46.0 cm³/mol. The molecular formula is C9H10O6. The lowest BCUT2D eigenvalue weighted by molar-refractivity contribution is -0.154. The van der Waals surface area contributed by atoms with Crippen LogP contribution in [0.1, 0.15) is 6.42 Å². The first-order valence-electron chi connectivity index (χ1n) is 4.39. The van der Waals surface area contributed by atoms with Crippen LogP contribution in [0.4, 0.5) is 0 Å². The monoisotopic (exact) mass is 214 g/mol. The maximum atomic E-state index is 10.8. The SMILES string of the molecule is O=CC1CC(C(=O)O)C(C(=O)O)C1C=O. The summed E-state index contributed by atoms with van der Waals surface area (Å²) in [6.45, 7) is 0. The van der Waals surface area contributed by atoms with Gasteiger partial charge in [0, 0.05) is 11.8 Å². The highest BCUT2D eigenvalue weighted by Gasteiger charge is 2.50. The summed E-state index contributed by atoms with van der Waals surface area (Å²) in [5.41, 5.74) is 0. The quantitative estimate of drug-likeness (QED) is 0.606. The highest BCUT2D eigenvalue weighted by molar-refractivity contribution is 5.86. The van der Waals surface area contributed by atoms with E-state index in [2.05, 4.69) is 0 Å². The molecule has 1 fully saturated rings. The van der Waals surface area contributed by atoms with Crippen molar-refractivity contribution in [1.29, 1.82) is 0 Å². The van der Waals surface area contributed by atoms with Crippen LogP contribution in [0.15, 0.2) is 0 Å². The second-order valence-corrected chi connectivity index (χ2v) is 3.56. The molecule has 0 aromatic carbocycles. The Bertz CT molecular complexity index is 310. The van der Waals surface area contributed by atoms with E-state index in [9.17, 15) is 19.2 Å². The number of aldehydes is 2. The molecule has 4 unspecified atom stereocenters. The molecule has 0 radical (unpaired) electrons. The minimum Gasteiger partial charge on any atom is -0.481 e. The van der Waals surface area contributed by atoms with Crippen LogP contribution in [0.3, 0.4) is 0 Å². The van der Waals surface area contributed by atoms with E-state index in [0.717, 1.165) is 0 Å². The molecule has 4 atom stereocenters. The fraction of sp³-hybridized carbons (Fsp3) is 0.556. The van der Waals surface area contributed by atoms with Crippen molar-refractivity contribution < 1.29 is 29.4 Å². The molecule has 0 aromatic heterocycles. The number of carboxylic acids is 2. The molecule has 1 saturated carbocycles. The van der Waals surface area contributed by atoms with Gasteiger partial charge in [0.05, 0.1) is 11.8 Å². The third-order valence-electron chi connectivity index (χ3n) is 2.80. The van der Waals surface area contributed by atoms with E-state index in [4.69, 9.17) is 10.2 Å². The van der Waals surface area contributed by atoms with Crippen LogP contribution in [-0.2, 0) is 19.2 Å². The molecule has 82 valence electrons. The normalized spacial score (nSPS) is 34.7. The molecule has 1 aliphatic carbocycles. The summed E-state index contributed by atoms with van der Waals surface area (Å²) < 4.78 is 0. The molecule has 0 aromatic rings. The number of carboxylic acid groups (broad SMARTS) is 2. The zero-order valence-corrected chi connectivity index (χ0v) is 7.70. The Kier molecular flexibility index (Phi) is 3.18. The average molecular weight is 214 g/mol. The van der Waals surface area contributed by atoms with Crippen LogP contribution in [0.5, 0.6) is 0 Å². The molecule has 0 spiro atoms. The molecule has 15 heavy (non-hydrogen) atoms. The van der Waals surface area contributed by atoms with Gasteiger partial charge in [-0.25, -0.2) is 0 Å². The fourth-order valence-electron chi connectivity index (χ4n) is 2.05. The van der Waals surface area contributed by atoms with Crippen molar-refractivity contribution in [2.24, 2.45) is 23.7 Å². The predicted octanol–water partition coefficient (Wildman–Crippen LogP) is -0.578. The van der Waals surface area contributed by atoms with E-state index in [1.807, 2.05) is 0 Å². The molecule has 0 aliphatic heterocycles. The molecular weight excluding hydrogens is 204 g/mol. The number of hydrogen-bond acceptors (Lipinski definition) is 4. The Balaban J connectivity index is 3.03. The maximum Gasteiger partial charge on any atom is 0.308 e. The molecule has 0 heterocycles. The van der Waals surface area contributed by atoms with Crippen LogP contribution in [0, 0.1) is 23.7 Å². The lowest BCUT2D eigenvalue weighted by Crippen LogP contribution is -2.30. The van der Waals surface area contributed by atoms with Crippen molar-refractivity contribution in [1.82, 2.24) is 0 Å². The van der Waals surface area contributed by atoms with Gasteiger partial charge in [-0.3, -0.25) is 9.59 Å². The highest BCUT2D eigenvalue weighted by Crippen LogP contribution is 2.40. The van der Waals surface area contributed by atoms with Crippen LogP contribution in [0.2, 0.25) is 0 Å². The van der Waals surface area contributed by atoms with Gasteiger partial charge in [0.1, 0.15) is 12.6 Å². The van der Waals surface area contributed by atoms with Gasteiger partial charge in [-0.15, -0.1) is 0 Å². The highest BCUT2D eigenvalue weighted by atomic mass is 16.4. The van der Waals surface area contributed by atoms with Gasteiger partial charge < -0.3 is 19.8 Å². The number of rotatable bonds is 4. The van der Waals surface area contributed by atoms with Crippen molar-refractivity contribution in [3.63, 3.8) is 0 Å². The molecule has 6 nitrogen and oxygen atoms in total. The van der Waals surface area contributed by atoms with Crippen LogP contribution in [0.25, 0.3) is 0 Å². The molecule has 1 aliphatic rings. The van der Waals surface area contributed by atoms with Crippen molar-refractivity contribution in [2.45, 2.75) is 6.42 Å². The molecule has 0 amide bonds. The Labute approximate surface area is 84.9 Å². The zero-order valence-electron chi connectivity index (χ0n) is 7.70. The van der Waals surface area contributed by atoms with Gasteiger partial charge in [-0.05, 0) is 6.42 Å². The number of carbonyl (C=O) groups is 4. The molecule has 6 heteroatoms. The van der Waals surface area contributed by atoms with E-state index in [1.165, 1.54) is 0 Å². The van der Waals surface area contributed by atoms with E-state index in [-0.39, 0.29) is 6.42 Å². The lowest BCUT2D eigenvalue weighted by atomic mass is 9.88. The summed E-state index contributed by atoms with van der Waals surface area (Å²) >= 11 is 0. The number of carbonyl (C=O) groups excluding carboxylic acids is 2. The van der Waals surface area contributed by atoms with E-state index in [0.29, 0.717) is 12.6 Å². The Morgan fingerprint density at radius 1 is 1.07 bits per heavy atom. The van der Waals surface area contributed by atoms with Crippen molar-refractivity contribution >= 4 is 24.5 Å². The number of hydrogen-bond donors (Lipinski definition) is 2. The average Bonchev–Trinajstić information content (AvgIpc) is 2.55. The molecule has 0 bridgehead atoms. The summed E-state index contributed by atoms with van der Waals surface area (Å²) in [6.07, 6.45) is 0.734. The Morgan fingerprint density at radius 2 is 1.67 bits per heavy atom. The van der Waals surface area contributed by atoms with Gasteiger partial charge in [-0.1, -0.05) is 0 Å². The van der Waals surface area contributed by atoms with Gasteiger partial charge in [-0.2, -0.15) is 0 Å². The van der Waals surface area contributed by atoms with Crippen molar-refractivity contribution in [3.8, 4) is 0 Å². The second-order valence-electron chi connectivity index (χ2n) is 3.56. The van der Waals surface area contributed by atoms with E-state index >= 15 is 0 Å². The second kappa shape index (κ2) is 4.20. The maximum absolute atomic E-state index is 10.8. The minimum atomic E-state index is -1.34. The largest absolute Gasteiger partial charge is 0.481 e. The first kappa shape index (κ1) is 11.4.